The Balaban J connectivity index is 3.05. The number of hydrogen-bond acceptors (Lipinski definition) is 7. The first kappa shape index (κ1) is 18.4. The molecular formula is C14H19N5O3S. The molecule has 0 aliphatic carbocycles. The van der Waals surface area contributed by atoms with Gasteiger partial charge in [0.2, 0.25) is 0 Å². The lowest BCUT2D eigenvalue weighted by atomic mass is 10.2. The number of rotatable bonds is 7. The average molecular weight is 337 g/mol. The van der Waals surface area contributed by atoms with Gasteiger partial charge in [-0.1, -0.05) is 12.1 Å². The van der Waals surface area contributed by atoms with Gasteiger partial charge >= 0.3 is 5.97 Å². The number of para-hydroxylation sites is 2. The fourth-order valence-corrected chi connectivity index (χ4v) is 1.56. The third-order valence-corrected chi connectivity index (χ3v) is 2.63. The monoisotopic (exact) mass is 337 g/mol. The van der Waals surface area contributed by atoms with E-state index in [9.17, 15) is 4.79 Å². The molecule has 0 saturated heterocycles. The number of benzene rings is 1. The van der Waals surface area contributed by atoms with Crippen LogP contribution < -0.4 is 21.3 Å². The van der Waals surface area contributed by atoms with Crippen LogP contribution in [0.4, 0.5) is 5.69 Å². The van der Waals surface area contributed by atoms with Crippen molar-refractivity contribution in [3.05, 3.63) is 24.3 Å². The minimum absolute atomic E-state index is 0.0125. The fraction of sp³-hybridized carbons (Fsp3) is 0.286. The molecule has 0 spiro atoms. The zero-order chi connectivity index (χ0) is 17.2. The van der Waals surface area contributed by atoms with E-state index >= 15 is 0 Å². The summed E-state index contributed by atoms with van der Waals surface area (Å²) < 4.78 is 10.2. The van der Waals surface area contributed by atoms with E-state index in [1.807, 2.05) is 6.07 Å². The molecule has 1 aromatic carbocycles. The lowest BCUT2D eigenvalue weighted by molar-refractivity contribution is -0.134. The summed E-state index contributed by atoms with van der Waals surface area (Å²) in [6.45, 7) is 3.48. The number of carbonyl (C=O) groups is 1. The Labute approximate surface area is 139 Å². The second-order valence-electron chi connectivity index (χ2n) is 4.17. The zero-order valence-electron chi connectivity index (χ0n) is 13.1. The Bertz CT molecular complexity index is 631. The maximum absolute atomic E-state index is 12.0. The van der Waals surface area contributed by atoms with E-state index in [-0.39, 0.29) is 23.1 Å². The molecule has 0 heterocycles. The van der Waals surface area contributed by atoms with Crippen LogP contribution in [0.5, 0.6) is 5.75 Å². The molecule has 9 heteroatoms. The van der Waals surface area contributed by atoms with Gasteiger partial charge in [-0.3, -0.25) is 10.9 Å². The minimum Gasteiger partial charge on any atom is -0.495 e. The van der Waals surface area contributed by atoms with E-state index < -0.39 is 5.97 Å². The van der Waals surface area contributed by atoms with Crippen molar-refractivity contribution in [3.8, 4) is 5.75 Å². The second-order valence-corrected chi connectivity index (χ2v) is 4.61. The van der Waals surface area contributed by atoms with Crippen LogP contribution in [0, 0.1) is 0 Å². The maximum Gasteiger partial charge on any atom is 0.360 e. The van der Waals surface area contributed by atoms with Gasteiger partial charge in [-0.15, -0.1) is 0 Å². The number of esters is 1. The first-order valence-electron chi connectivity index (χ1n) is 6.73. The smallest absolute Gasteiger partial charge is 0.360 e. The standard InChI is InChI=1S/C14H19N5O3S/c1-4-22-13(20)12(9(2)16-19-14(15)23)18-17-10-7-5-6-8-11(10)21-3/h5-8,17H,4H2,1-3H3,(H3,15,19,23)/b16-9-,18-12+. The van der Waals surface area contributed by atoms with E-state index in [2.05, 4.69) is 33.3 Å². The molecule has 0 unspecified atom stereocenters. The van der Waals surface area contributed by atoms with Crippen molar-refractivity contribution < 1.29 is 14.3 Å². The van der Waals surface area contributed by atoms with E-state index in [0.717, 1.165) is 0 Å². The number of nitrogens with one attached hydrogen (secondary N) is 2. The molecule has 0 amide bonds. The largest absolute Gasteiger partial charge is 0.495 e. The van der Waals surface area contributed by atoms with Crippen LogP contribution in [0.3, 0.4) is 0 Å². The molecule has 1 rings (SSSR count). The normalized spacial score (nSPS) is 11.6. The van der Waals surface area contributed by atoms with Crippen LogP contribution in [0.25, 0.3) is 0 Å². The topological polar surface area (TPSA) is 110 Å². The number of carbonyl (C=O) groups excluding carboxylic acids is 1. The molecule has 124 valence electrons. The molecule has 23 heavy (non-hydrogen) atoms. The fourth-order valence-electron chi connectivity index (χ4n) is 1.52. The quantitative estimate of drug-likeness (QED) is 0.297. The highest BCUT2D eigenvalue weighted by Gasteiger charge is 2.17. The van der Waals surface area contributed by atoms with E-state index in [0.29, 0.717) is 11.4 Å². The van der Waals surface area contributed by atoms with Crippen molar-refractivity contribution in [2.75, 3.05) is 19.1 Å². The van der Waals surface area contributed by atoms with Crippen LogP contribution >= 0.6 is 12.2 Å². The first-order chi connectivity index (χ1) is 11.0. The van der Waals surface area contributed by atoms with Crippen LogP contribution in [-0.2, 0) is 9.53 Å². The van der Waals surface area contributed by atoms with Crippen molar-refractivity contribution >= 4 is 40.4 Å². The van der Waals surface area contributed by atoms with Gasteiger partial charge in [-0.2, -0.15) is 10.2 Å². The van der Waals surface area contributed by atoms with Gasteiger partial charge in [0.15, 0.2) is 10.8 Å². The Morgan fingerprint density at radius 3 is 2.65 bits per heavy atom. The summed E-state index contributed by atoms with van der Waals surface area (Å²) in [4.78, 5) is 12.0. The molecule has 1 aromatic rings. The highest BCUT2D eigenvalue weighted by atomic mass is 32.1. The van der Waals surface area contributed by atoms with E-state index in [4.69, 9.17) is 15.2 Å². The van der Waals surface area contributed by atoms with Gasteiger partial charge in [0.05, 0.1) is 25.1 Å². The minimum atomic E-state index is -0.624. The highest BCUT2D eigenvalue weighted by Crippen LogP contribution is 2.22. The van der Waals surface area contributed by atoms with Gasteiger partial charge in [0, 0.05) is 0 Å². The van der Waals surface area contributed by atoms with Crippen molar-refractivity contribution in [1.82, 2.24) is 5.43 Å². The summed E-state index contributed by atoms with van der Waals surface area (Å²) in [5.74, 6) is -0.0452. The Morgan fingerprint density at radius 2 is 2.04 bits per heavy atom. The lowest BCUT2D eigenvalue weighted by Crippen LogP contribution is -2.30. The van der Waals surface area contributed by atoms with Gasteiger partial charge < -0.3 is 15.2 Å². The van der Waals surface area contributed by atoms with Gasteiger partial charge in [0.1, 0.15) is 5.75 Å². The van der Waals surface area contributed by atoms with Gasteiger partial charge in [-0.25, -0.2) is 4.79 Å². The molecule has 0 radical (unpaired) electrons. The van der Waals surface area contributed by atoms with Gasteiger partial charge in [0.25, 0.3) is 0 Å². The Kier molecular flexibility index (Phi) is 7.48. The van der Waals surface area contributed by atoms with Crippen LogP contribution in [0.15, 0.2) is 34.5 Å². The van der Waals surface area contributed by atoms with Crippen molar-refractivity contribution in [1.29, 1.82) is 0 Å². The zero-order valence-corrected chi connectivity index (χ0v) is 13.9. The molecule has 0 aliphatic rings. The highest BCUT2D eigenvalue weighted by molar-refractivity contribution is 7.80. The van der Waals surface area contributed by atoms with Gasteiger partial charge in [-0.05, 0) is 38.2 Å². The summed E-state index contributed by atoms with van der Waals surface area (Å²) in [7, 11) is 1.54. The average Bonchev–Trinajstić information content (AvgIpc) is 2.53. The molecule has 0 aromatic heterocycles. The van der Waals surface area contributed by atoms with Crippen molar-refractivity contribution in [3.63, 3.8) is 0 Å². The number of anilines is 1. The molecule has 0 fully saturated rings. The molecule has 0 atom stereocenters. The van der Waals surface area contributed by atoms with E-state index in [1.165, 1.54) is 7.11 Å². The van der Waals surface area contributed by atoms with E-state index in [1.54, 1.807) is 32.0 Å². The summed E-state index contributed by atoms with van der Waals surface area (Å²) >= 11 is 4.66. The second kappa shape index (κ2) is 9.36. The molecule has 4 N–H and O–H groups in total. The summed E-state index contributed by atoms with van der Waals surface area (Å²) in [5, 5.41) is 7.91. The number of methoxy groups -OCH3 is 1. The predicted molar refractivity (Wildman–Crippen MR) is 93.7 cm³/mol. The number of hydrogen-bond donors (Lipinski definition) is 3. The molecule has 0 aliphatic heterocycles. The van der Waals surface area contributed by atoms with Crippen LogP contribution in [-0.4, -0.2) is 36.2 Å². The van der Waals surface area contributed by atoms with Crippen molar-refractivity contribution in [2.45, 2.75) is 13.8 Å². The number of ether oxygens (including phenoxy) is 2. The van der Waals surface area contributed by atoms with Crippen LogP contribution in [0.2, 0.25) is 0 Å². The molecular weight excluding hydrogens is 318 g/mol. The summed E-state index contributed by atoms with van der Waals surface area (Å²) in [6, 6.07) is 7.14. The Hall–Kier alpha value is -2.68. The predicted octanol–water partition coefficient (Wildman–Crippen LogP) is 1.24. The third kappa shape index (κ3) is 5.91. The number of hydrazone groups is 2. The molecule has 0 saturated carbocycles. The SMILES string of the molecule is CCOC(=O)C(=N/Nc1ccccc1OC)/C(C)=N\NC(N)=S. The Morgan fingerprint density at radius 1 is 1.35 bits per heavy atom. The summed E-state index contributed by atoms with van der Waals surface area (Å²) in [6.07, 6.45) is 0. The maximum atomic E-state index is 12.0. The third-order valence-electron chi connectivity index (χ3n) is 2.54. The molecule has 0 bridgehead atoms. The van der Waals surface area contributed by atoms with Crippen LogP contribution in [0.1, 0.15) is 13.8 Å². The summed E-state index contributed by atoms with van der Waals surface area (Å²) in [5.41, 5.74) is 11.3. The number of nitrogens with two attached hydrogens (primary N) is 1. The number of nitrogens with zero attached hydrogens (tertiary/aromatic N) is 2. The lowest BCUT2D eigenvalue weighted by Gasteiger charge is -2.09. The molecule has 8 nitrogen and oxygen atoms in total. The number of thiocarbonyl (C=S) groups is 1. The first-order valence-corrected chi connectivity index (χ1v) is 7.14. The van der Waals surface area contributed by atoms with Crippen molar-refractivity contribution in [2.24, 2.45) is 15.9 Å².